The molecule has 1 aliphatic heterocycles. The van der Waals surface area contributed by atoms with Gasteiger partial charge in [-0.2, -0.15) is 0 Å². The quantitative estimate of drug-likeness (QED) is 0.295. The molecule has 1 unspecified atom stereocenters. The molecular formula is C9H19N3O. The van der Waals surface area contributed by atoms with E-state index in [1.54, 1.807) is 0 Å². The zero-order chi connectivity index (χ0) is 9.68. The Balaban J connectivity index is 2.06. The summed E-state index contributed by atoms with van der Waals surface area (Å²) in [5.41, 5.74) is 5.37. The standard InChI is InChI=1S/C9H19N3O/c1-8-4-6-12(7-8)5-2-3-9(10)11-13/h8,13H,2-7H2,1H3,(H2,10,11). The summed E-state index contributed by atoms with van der Waals surface area (Å²) in [7, 11) is 0. The van der Waals surface area contributed by atoms with Gasteiger partial charge in [-0.25, -0.2) is 0 Å². The highest BCUT2D eigenvalue weighted by Gasteiger charge is 2.17. The summed E-state index contributed by atoms with van der Waals surface area (Å²) in [5.74, 6) is 1.18. The fourth-order valence-corrected chi connectivity index (χ4v) is 1.76. The van der Waals surface area contributed by atoms with Gasteiger partial charge >= 0.3 is 0 Å². The van der Waals surface area contributed by atoms with E-state index in [9.17, 15) is 0 Å². The van der Waals surface area contributed by atoms with Crippen LogP contribution in [-0.2, 0) is 0 Å². The van der Waals surface area contributed by atoms with Gasteiger partial charge in [0.05, 0.1) is 0 Å². The molecule has 0 radical (unpaired) electrons. The van der Waals surface area contributed by atoms with Crippen molar-refractivity contribution in [2.75, 3.05) is 19.6 Å². The van der Waals surface area contributed by atoms with Crippen LogP contribution in [0.2, 0.25) is 0 Å². The minimum atomic E-state index is 0.340. The average molecular weight is 185 g/mol. The molecule has 1 heterocycles. The van der Waals surface area contributed by atoms with Crippen LogP contribution in [0.25, 0.3) is 0 Å². The molecule has 1 saturated heterocycles. The van der Waals surface area contributed by atoms with Crippen molar-refractivity contribution < 1.29 is 5.21 Å². The van der Waals surface area contributed by atoms with Crippen LogP contribution >= 0.6 is 0 Å². The molecule has 1 atom stereocenters. The predicted octanol–water partition coefficient (Wildman–Crippen LogP) is 0.855. The number of oxime groups is 1. The van der Waals surface area contributed by atoms with E-state index >= 15 is 0 Å². The van der Waals surface area contributed by atoms with Crippen molar-refractivity contribution in [1.29, 1.82) is 0 Å². The molecular weight excluding hydrogens is 166 g/mol. The molecule has 1 rings (SSSR count). The maximum atomic E-state index is 8.32. The van der Waals surface area contributed by atoms with Crippen molar-refractivity contribution in [3.05, 3.63) is 0 Å². The van der Waals surface area contributed by atoms with Gasteiger partial charge in [-0.1, -0.05) is 12.1 Å². The summed E-state index contributed by atoms with van der Waals surface area (Å²) < 4.78 is 0. The normalized spacial score (nSPS) is 25.3. The fourth-order valence-electron chi connectivity index (χ4n) is 1.76. The van der Waals surface area contributed by atoms with Crippen LogP contribution in [0.3, 0.4) is 0 Å². The Labute approximate surface area is 79.4 Å². The monoisotopic (exact) mass is 185 g/mol. The molecule has 1 aliphatic rings. The zero-order valence-corrected chi connectivity index (χ0v) is 8.24. The summed E-state index contributed by atoms with van der Waals surface area (Å²) in [6.45, 7) is 5.76. The van der Waals surface area contributed by atoms with Crippen LogP contribution in [0.4, 0.5) is 0 Å². The maximum absolute atomic E-state index is 8.32. The predicted molar refractivity (Wildman–Crippen MR) is 52.9 cm³/mol. The number of amidine groups is 1. The molecule has 0 saturated carbocycles. The third-order valence-corrected chi connectivity index (χ3v) is 2.54. The van der Waals surface area contributed by atoms with Gasteiger partial charge in [-0.3, -0.25) is 0 Å². The topological polar surface area (TPSA) is 61.8 Å². The number of hydrogen-bond donors (Lipinski definition) is 2. The number of nitrogens with two attached hydrogens (primary N) is 1. The first-order valence-corrected chi connectivity index (χ1v) is 4.91. The van der Waals surface area contributed by atoms with Crippen LogP contribution < -0.4 is 5.73 Å². The lowest BCUT2D eigenvalue weighted by atomic mass is 10.2. The van der Waals surface area contributed by atoms with Gasteiger partial charge in [0.2, 0.25) is 0 Å². The highest BCUT2D eigenvalue weighted by molar-refractivity contribution is 5.79. The second-order valence-corrected chi connectivity index (χ2v) is 3.89. The van der Waals surface area contributed by atoms with Crippen LogP contribution in [0.1, 0.15) is 26.2 Å². The van der Waals surface area contributed by atoms with Gasteiger partial charge in [-0.15, -0.1) is 0 Å². The summed E-state index contributed by atoms with van der Waals surface area (Å²) >= 11 is 0. The summed E-state index contributed by atoms with van der Waals surface area (Å²) in [4.78, 5) is 2.44. The van der Waals surface area contributed by atoms with Crippen LogP contribution in [0.5, 0.6) is 0 Å². The second-order valence-electron chi connectivity index (χ2n) is 3.89. The van der Waals surface area contributed by atoms with E-state index in [-0.39, 0.29) is 0 Å². The Kier molecular flexibility index (Phi) is 4.02. The van der Waals surface area contributed by atoms with Crippen LogP contribution in [-0.4, -0.2) is 35.6 Å². The second kappa shape index (κ2) is 5.07. The fraction of sp³-hybridized carbons (Fsp3) is 0.889. The molecule has 0 aromatic carbocycles. The number of likely N-dealkylation sites (tertiary alicyclic amines) is 1. The van der Waals surface area contributed by atoms with Gasteiger partial charge in [0.1, 0.15) is 5.84 Å². The van der Waals surface area contributed by atoms with E-state index in [4.69, 9.17) is 10.9 Å². The largest absolute Gasteiger partial charge is 0.409 e. The van der Waals surface area contributed by atoms with Crippen molar-refractivity contribution in [2.45, 2.75) is 26.2 Å². The van der Waals surface area contributed by atoms with E-state index in [2.05, 4.69) is 17.0 Å². The Morgan fingerprint density at radius 2 is 2.46 bits per heavy atom. The molecule has 76 valence electrons. The van der Waals surface area contributed by atoms with Crippen molar-refractivity contribution >= 4 is 5.84 Å². The Morgan fingerprint density at radius 3 is 3.00 bits per heavy atom. The van der Waals surface area contributed by atoms with Crippen LogP contribution in [0.15, 0.2) is 5.16 Å². The summed E-state index contributed by atoms with van der Waals surface area (Å²) in [6.07, 6.45) is 2.99. The smallest absolute Gasteiger partial charge is 0.139 e. The number of nitrogens with zero attached hydrogens (tertiary/aromatic N) is 2. The molecule has 0 spiro atoms. The number of hydrogen-bond acceptors (Lipinski definition) is 3. The summed E-state index contributed by atoms with van der Waals surface area (Å²) in [5, 5.41) is 11.3. The third-order valence-electron chi connectivity index (χ3n) is 2.54. The van der Waals surface area contributed by atoms with E-state index in [0.717, 1.165) is 18.9 Å². The molecule has 1 fully saturated rings. The van der Waals surface area contributed by atoms with Crippen molar-refractivity contribution in [2.24, 2.45) is 16.8 Å². The van der Waals surface area contributed by atoms with Gasteiger partial charge < -0.3 is 15.8 Å². The van der Waals surface area contributed by atoms with Crippen LogP contribution in [0, 0.1) is 5.92 Å². The van der Waals surface area contributed by atoms with Gasteiger partial charge in [0.15, 0.2) is 0 Å². The van der Waals surface area contributed by atoms with Crippen molar-refractivity contribution in [3.8, 4) is 0 Å². The van der Waals surface area contributed by atoms with Gasteiger partial charge in [0.25, 0.3) is 0 Å². The highest BCUT2D eigenvalue weighted by atomic mass is 16.4. The lowest BCUT2D eigenvalue weighted by Gasteiger charge is -2.14. The van der Waals surface area contributed by atoms with E-state index in [0.29, 0.717) is 12.3 Å². The van der Waals surface area contributed by atoms with E-state index in [1.807, 2.05) is 0 Å². The minimum Gasteiger partial charge on any atom is -0.409 e. The molecule has 3 N–H and O–H groups in total. The van der Waals surface area contributed by atoms with Gasteiger partial charge in [-0.05, 0) is 31.8 Å². The molecule has 0 aliphatic carbocycles. The first-order valence-electron chi connectivity index (χ1n) is 4.91. The molecule has 4 nitrogen and oxygen atoms in total. The Hall–Kier alpha value is -0.770. The van der Waals surface area contributed by atoms with Crippen molar-refractivity contribution in [3.63, 3.8) is 0 Å². The molecule has 4 heteroatoms. The van der Waals surface area contributed by atoms with E-state index < -0.39 is 0 Å². The maximum Gasteiger partial charge on any atom is 0.139 e. The minimum absolute atomic E-state index is 0.340. The lowest BCUT2D eigenvalue weighted by molar-refractivity contribution is 0.311. The molecule has 0 aromatic rings. The average Bonchev–Trinajstić information content (AvgIpc) is 2.51. The van der Waals surface area contributed by atoms with E-state index in [1.165, 1.54) is 19.5 Å². The first-order chi connectivity index (χ1) is 6.22. The zero-order valence-electron chi connectivity index (χ0n) is 8.24. The first kappa shape index (κ1) is 10.3. The number of rotatable bonds is 4. The molecule has 0 bridgehead atoms. The SMILES string of the molecule is CC1CCN(CCCC(N)=NO)C1. The molecule has 0 aromatic heterocycles. The Morgan fingerprint density at radius 1 is 1.69 bits per heavy atom. The van der Waals surface area contributed by atoms with Gasteiger partial charge in [0, 0.05) is 13.0 Å². The van der Waals surface area contributed by atoms with Crippen molar-refractivity contribution in [1.82, 2.24) is 4.90 Å². The summed E-state index contributed by atoms with van der Waals surface area (Å²) in [6, 6.07) is 0. The highest BCUT2D eigenvalue weighted by Crippen LogP contribution is 2.14. The molecule has 0 amide bonds. The third kappa shape index (κ3) is 3.63. The Bertz CT molecular complexity index is 182. The molecule has 13 heavy (non-hydrogen) atoms. The lowest BCUT2D eigenvalue weighted by Crippen LogP contribution is -2.23.